The lowest BCUT2D eigenvalue weighted by Crippen LogP contribution is -2.25. The number of fused-ring (bicyclic) bond motifs is 2. The molecule has 2 aliphatic rings. The van der Waals surface area contributed by atoms with Crippen LogP contribution >= 0.6 is 0 Å². The highest BCUT2D eigenvalue weighted by Crippen LogP contribution is 2.20. The number of hydrogen-bond donors (Lipinski definition) is 0. The van der Waals surface area contributed by atoms with Gasteiger partial charge in [0, 0.05) is 11.4 Å². The molecule has 0 radical (unpaired) electrons. The fourth-order valence-corrected chi connectivity index (χ4v) is 1.71. The smallest absolute Gasteiger partial charge is 0.0714 e. The van der Waals surface area contributed by atoms with E-state index in [2.05, 4.69) is 35.4 Å². The van der Waals surface area contributed by atoms with E-state index in [1.165, 1.54) is 16.4 Å². The van der Waals surface area contributed by atoms with Gasteiger partial charge < -0.3 is 0 Å². The Labute approximate surface area is 70.1 Å². The Bertz CT molecular complexity index is 518. The van der Waals surface area contributed by atoms with Crippen LogP contribution in [0, 0.1) is 0 Å². The maximum absolute atomic E-state index is 4.29. The Morgan fingerprint density at radius 1 is 1.25 bits per heavy atom. The van der Waals surface area contributed by atoms with Crippen molar-refractivity contribution in [1.82, 2.24) is 4.98 Å². The van der Waals surface area contributed by atoms with Crippen molar-refractivity contribution < 1.29 is 0 Å². The van der Waals surface area contributed by atoms with Gasteiger partial charge >= 0.3 is 0 Å². The monoisotopic (exact) mass is 153 g/mol. The van der Waals surface area contributed by atoms with E-state index < -0.39 is 0 Å². The molecular formula is C11H7N. The molecule has 0 saturated carbocycles. The first-order valence-electron chi connectivity index (χ1n) is 4.01. The summed E-state index contributed by atoms with van der Waals surface area (Å²) in [6.45, 7) is 0. The van der Waals surface area contributed by atoms with Crippen LogP contribution in [-0.4, -0.2) is 4.98 Å². The highest BCUT2D eigenvalue weighted by Gasteiger charge is 2.10. The Morgan fingerprint density at radius 2 is 2.25 bits per heavy atom. The van der Waals surface area contributed by atoms with Crippen molar-refractivity contribution in [3.8, 4) is 0 Å². The van der Waals surface area contributed by atoms with Gasteiger partial charge in [-0.15, -0.1) is 0 Å². The highest BCUT2D eigenvalue weighted by molar-refractivity contribution is 5.89. The summed E-state index contributed by atoms with van der Waals surface area (Å²) in [5.74, 6) is 0. The fraction of sp³-hybridized carbons (Fsp3) is 0. The summed E-state index contributed by atoms with van der Waals surface area (Å²) < 4.78 is 0. The minimum atomic E-state index is 1.10. The molecule has 0 atom stereocenters. The lowest BCUT2D eigenvalue weighted by atomic mass is 10.2. The van der Waals surface area contributed by atoms with Crippen LogP contribution in [0.5, 0.6) is 0 Å². The molecular weight excluding hydrogens is 146 g/mol. The van der Waals surface area contributed by atoms with Crippen molar-refractivity contribution in [2.75, 3.05) is 0 Å². The molecule has 0 N–H and O–H groups in total. The molecule has 0 bridgehead atoms. The van der Waals surface area contributed by atoms with Gasteiger partial charge in [0.1, 0.15) is 0 Å². The maximum atomic E-state index is 4.29. The number of aromatic nitrogens is 1. The second-order valence-corrected chi connectivity index (χ2v) is 2.98. The SMILES string of the molecule is C1=CC2=c3cccnc3=CC2=C1. The molecule has 1 aromatic rings. The van der Waals surface area contributed by atoms with E-state index in [1.54, 1.807) is 0 Å². The topological polar surface area (TPSA) is 12.9 Å². The van der Waals surface area contributed by atoms with Gasteiger partial charge in [0.05, 0.1) is 5.35 Å². The van der Waals surface area contributed by atoms with Crippen LogP contribution < -0.4 is 10.6 Å². The van der Waals surface area contributed by atoms with Crippen molar-refractivity contribution >= 4 is 11.6 Å². The van der Waals surface area contributed by atoms with Gasteiger partial charge in [-0.05, 0) is 23.3 Å². The van der Waals surface area contributed by atoms with Gasteiger partial charge in [-0.25, -0.2) is 0 Å². The standard InChI is InChI=1S/C11H7N/c1-3-8-7-11-10(9(8)4-1)5-2-6-12-11/h1-7H. The van der Waals surface area contributed by atoms with Gasteiger partial charge in [-0.3, -0.25) is 4.98 Å². The molecule has 0 unspecified atom stereocenters. The fourth-order valence-electron chi connectivity index (χ4n) is 1.71. The summed E-state index contributed by atoms with van der Waals surface area (Å²) in [7, 11) is 0. The van der Waals surface area contributed by atoms with Crippen LogP contribution in [-0.2, 0) is 0 Å². The summed E-state index contributed by atoms with van der Waals surface area (Å²) in [6.07, 6.45) is 10.3. The predicted molar refractivity (Wildman–Crippen MR) is 48.6 cm³/mol. The minimum Gasteiger partial charge on any atom is -0.256 e. The summed E-state index contributed by atoms with van der Waals surface area (Å²) in [4.78, 5) is 4.29. The minimum absolute atomic E-state index is 1.10. The third kappa shape index (κ3) is 0.607. The molecule has 0 saturated heterocycles. The molecule has 56 valence electrons. The Kier molecular flexibility index (Phi) is 0.965. The molecule has 0 fully saturated rings. The van der Waals surface area contributed by atoms with E-state index in [9.17, 15) is 0 Å². The van der Waals surface area contributed by atoms with Gasteiger partial charge in [-0.1, -0.05) is 24.3 Å². The molecule has 1 aromatic heterocycles. The Hall–Kier alpha value is -1.63. The van der Waals surface area contributed by atoms with Crippen LogP contribution in [0.3, 0.4) is 0 Å². The molecule has 12 heavy (non-hydrogen) atoms. The van der Waals surface area contributed by atoms with Crippen molar-refractivity contribution in [1.29, 1.82) is 0 Å². The van der Waals surface area contributed by atoms with Crippen LogP contribution in [0.4, 0.5) is 0 Å². The second kappa shape index (κ2) is 1.95. The zero-order valence-electron chi connectivity index (χ0n) is 6.49. The van der Waals surface area contributed by atoms with Gasteiger partial charge in [0.2, 0.25) is 0 Å². The van der Waals surface area contributed by atoms with Gasteiger partial charge in [0.25, 0.3) is 0 Å². The largest absolute Gasteiger partial charge is 0.256 e. The van der Waals surface area contributed by atoms with Crippen LogP contribution in [0.2, 0.25) is 0 Å². The van der Waals surface area contributed by atoms with Gasteiger partial charge in [-0.2, -0.15) is 0 Å². The number of nitrogens with zero attached hydrogens (tertiary/aromatic N) is 1. The normalized spacial score (nSPS) is 17.0. The molecule has 3 rings (SSSR count). The van der Waals surface area contributed by atoms with E-state index in [4.69, 9.17) is 0 Å². The van der Waals surface area contributed by atoms with Crippen molar-refractivity contribution in [2.24, 2.45) is 0 Å². The Balaban J connectivity index is 2.59. The third-order valence-corrected chi connectivity index (χ3v) is 2.27. The average Bonchev–Trinajstić information content (AvgIpc) is 2.62. The first-order chi connectivity index (χ1) is 5.95. The first kappa shape index (κ1) is 5.95. The first-order valence-corrected chi connectivity index (χ1v) is 4.01. The number of rotatable bonds is 0. The quantitative estimate of drug-likeness (QED) is 0.529. The second-order valence-electron chi connectivity index (χ2n) is 2.98. The molecule has 0 aromatic carbocycles. The summed E-state index contributed by atoms with van der Waals surface area (Å²) in [5, 5.41) is 2.36. The zero-order chi connectivity index (χ0) is 7.97. The summed E-state index contributed by atoms with van der Waals surface area (Å²) in [6, 6.07) is 4.10. The molecule has 1 heterocycles. The van der Waals surface area contributed by atoms with E-state index in [1.807, 2.05) is 12.3 Å². The lowest BCUT2D eigenvalue weighted by Gasteiger charge is -1.88. The van der Waals surface area contributed by atoms with Crippen molar-refractivity contribution in [3.63, 3.8) is 0 Å². The number of pyridine rings is 1. The van der Waals surface area contributed by atoms with E-state index in [-0.39, 0.29) is 0 Å². The molecule has 2 aliphatic carbocycles. The highest BCUT2D eigenvalue weighted by atomic mass is 14.6. The average molecular weight is 153 g/mol. The Morgan fingerprint density at radius 3 is 3.25 bits per heavy atom. The van der Waals surface area contributed by atoms with E-state index in [0.29, 0.717) is 0 Å². The van der Waals surface area contributed by atoms with Crippen molar-refractivity contribution in [3.05, 3.63) is 52.7 Å². The van der Waals surface area contributed by atoms with E-state index in [0.717, 1.165) is 5.35 Å². The maximum Gasteiger partial charge on any atom is 0.0714 e. The molecule has 1 nitrogen and oxygen atoms in total. The molecule has 1 heteroatoms. The van der Waals surface area contributed by atoms with Crippen LogP contribution in [0.1, 0.15) is 0 Å². The predicted octanol–water partition coefficient (Wildman–Crippen LogP) is 0.523. The van der Waals surface area contributed by atoms with Crippen LogP contribution in [0.25, 0.3) is 11.6 Å². The third-order valence-electron chi connectivity index (χ3n) is 2.27. The summed E-state index contributed by atoms with van der Waals surface area (Å²) in [5.41, 5.74) is 2.61. The number of hydrogen-bond acceptors (Lipinski definition) is 1. The van der Waals surface area contributed by atoms with Gasteiger partial charge in [0.15, 0.2) is 0 Å². The molecule has 0 spiro atoms. The summed E-state index contributed by atoms with van der Waals surface area (Å²) >= 11 is 0. The zero-order valence-corrected chi connectivity index (χ0v) is 6.49. The molecule has 0 aliphatic heterocycles. The lowest BCUT2D eigenvalue weighted by molar-refractivity contribution is 1.23. The van der Waals surface area contributed by atoms with Crippen LogP contribution in [0.15, 0.2) is 42.1 Å². The van der Waals surface area contributed by atoms with E-state index >= 15 is 0 Å². The number of allylic oxidation sites excluding steroid dienone is 4. The van der Waals surface area contributed by atoms with Crippen molar-refractivity contribution in [2.45, 2.75) is 0 Å². The molecule has 0 amide bonds.